The number of methoxy groups -OCH3 is 1. The average molecular weight is 284 g/mol. The summed E-state index contributed by atoms with van der Waals surface area (Å²) in [5, 5.41) is 4.14. The molecule has 2 nitrogen and oxygen atoms in total. The number of rotatable bonds is 10. The Morgan fingerprint density at radius 3 is 2.58 bits per heavy atom. The molecule has 0 fully saturated rings. The number of hydrogen-bond acceptors (Lipinski definition) is 2. The van der Waals surface area contributed by atoms with Crippen LogP contribution >= 0.6 is 11.6 Å². The molecule has 0 bridgehead atoms. The van der Waals surface area contributed by atoms with Gasteiger partial charge >= 0.3 is 0 Å². The first-order valence-corrected chi connectivity index (χ1v) is 7.69. The van der Waals surface area contributed by atoms with Crippen LogP contribution < -0.4 is 10.1 Å². The molecule has 1 aromatic rings. The fourth-order valence-electron chi connectivity index (χ4n) is 2.10. The summed E-state index contributed by atoms with van der Waals surface area (Å²) < 4.78 is 5.15. The van der Waals surface area contributed by atoms with Gasteiger partial charge in [0.15, 0.2) is 0 Å². The van der Waals surface area contributed by atoms with Crippen molar-refractivity contribution in [2.24, 2.45) is 0 Å². The third kappa shape index (κ3) is 6.84. The molecule has 3 heteroatoms. The molecule has 108 valence electrons. The molecule has 0 amide bonds. The molecule has 0 spiro atoms. The highest BCUT2D eigenvalue weighted by Crippen LogP contribution is 2.25. The van der Waals surface area contributed by atoms with Crippen LogP contribution in [0.25, 0.3) is 0 Å². The lowest BCUT2D eigenvalue weighted by atomic mass is 10.1. The predicted molar refractivity (Wildman–Crippen MR) is 83.3 cm³/mol. The second-order valence-corrected chi connectivity index (χ2v) is 5.29. The number of aryl methyl sites for hydroxylation is 1. The maximum absolute atomic E-state index is 6.11. The molecule has 0 aliphatic heterocycles. The second-order valence-electron chi connectivity index (χ2n) is 4.88. The zero-order valence-corrected chi connectivity index (χ0v) is 12.9. The Kier molecular flexibility index (Phi) is 8.68. The third-order valence-electron chi connectivity index (χ3n) is 3.21. The Labute approximate surface area is 122 Å². The molecule has 0 heterocycles. The quantitative estimate of drug-likeness (QED) is 0.641. The maximum Gasteiger partial charge on any atom is 0.137 e. The predicted octanol–water partition coefficient (Wildman–Crippen LogP) is 4.45. The Balaban J connectivity index is 2.11. The number of hydrogen-bond donors (Lipinski definition) is 1. The Morgan fingerprint density at radius 2 is 1.89 bits per heavy atom. The number of unbranched alkanes of at least 4 members (excludes halogenated alkanes) is 3. The van der Waals surface area contributed by atoms with E-state index in [1.54, 1.807) is 7.11 Å². The van der Waals surface area contributed by atoms with E-state index >= 15 is 0 Å². The van der Waals surface area contributed by atoms with Crippen molar-refractivity contribution in [1.82, 2.24) is 5.32 Å². The molecule has 1 aromatic carbocycles. The van der Waals surface area contributed by atoms with E-state index in [1.165, 1.54) is 37.7 Å². The minimum atomic E-state index is 0.712. The van der Waals surface area contributed by atoms with Crippen LogP contribution in [0, 0.1) is 0 Å². The molecule has 19 heavy (non-hydrogen) atoms. The van der Waals surface area contributed by atoms with Gasteiger partial charge in [-0.25, -0.2) is 0 Å². The van der Waals surface area contributed by atoms with Crippen LogP contribution in [0.2, 0.25) is 5.02 Å². The largest absolute Gasteiger partial charge is 0.495 e. The maximum atomic E-state index is 6.11. The van der Waals surface area contributed by atoms with E-state index in [1.807, 2.05) is 12.1 Å². The fraction of sp³-hybridized carbons (Fsp3) is 0.625. The van der Waals surface area contributed by atoms with E-state index in [0.29, 0.717) is 5.02 Å². The lowest BCUT2D eigenvalue weighted by Crippen LogP contribution is -2.15. The molecule has 0 saturated carbocycles. The van der Waals surface area contributed by atoms with Gasteiger partial charge in [-0.05, 0) is 56.5 Å². The summed E-state index contributed by atoms with van der Waals surface area (Å²) >= 11 is 6.11. The van der Waals surface area contributed by atoms with Gasteiger partial charge in [0.05, 0.1) is 12.1 Å². The van der Waals surface area contributed by atoms with Gasteiger partial charge in [0.25, 0.3) is 0 Å². The molecule has 0 aliphatic rings. The van der Waals surface area contributed by atoms with E-state index in [-0.39, 0.29) is 0 Å². The van der Waals surface area contributed by atoms with Crippen LogP contribution in [0.1, 0.15) is 44.6 Å². The number of nitrogens with one attached hydrogen (secondary N) is 1. The average Bonchev–Trinajstić information content (AvgIpc) is 2.42. The molecule has 0 unspecified atom stereocenters. The number of benzene rings is 1. The summed E-state index contributed by atoms with van der Waals surface area (Å²) in [6.45, 7) is 4.50. The second kappa shape index (κ2) is 10.1. The standard InChI is InChI=1S/C16H26ClNO/c1-3-11-18-12-7-5-4-6-8-14-9-10-16(19-2)15(17)13-14/h9-10,13,18H,3-8,11-12H2,1-2H3. The summed E-state index contributed by atoms with van der Waals surface area (Å²) in [5.41, 5.74) is 1.30. The minimum absolute atomic E-state index is 0.712. The first-order chi connectivity index (χ1) is 9.27. The van der Waals surface area contributed by atoms with Crippen LogP contribution in [0.4, 0.5) is 0 Å². The van der Waals surface area contributed by atoms with E-state index in [0.717, 1.165) is 25.3 Å². The summed E-state index contributed by atoms with van der Waals surface area (Å²) in [5.74, 6) is 0.757. The molecular formula is C16H26ClNO. The topological polar surface area (TPSA) is 21.3 Å². The van der Waals surface area contributed by atoms with Crippen molar-refractivity contribution in [3.63, 3.8) is 0 Å². The lowest BCUT2D eigenvalue weighted by molar-refractivity contribution is 0.415. The van der Waals surface area contributed by atoms with E-state index in [2.05, 4.69) is 18.3 Å². The molecule has 1 N–H and O–H groups in total. The van der Waals surface area contributed by atoms with Crippen LogP contribution in [0.15, 0.2) is 18.2 Å². The van der Waals surface area contributed by atoms with E-state index in [9.17, 15) is 0 Å². The Bertz CT molecular complexity index is 355. The molecule has 0 aromatic heterocycles. The van der Waals surface area contributed by atoms with Gasteiger partial charge in [-0.2, -0.15) is 0 Å². The van der Waals surface area contributed by atoms with Crippen LogP contribution in [-0.2, 0) is 6.42 Å². The van der Waals surface area contributed by atoms with Crippen molar-refractivity contribution in [2.75, 3.05) is 20.2 Å². The molecular weight excluding hydrogens is 258 g/mol. The molecule has 1 rings (SSSR count). The summed E-state index contributed by atoms with van der Waals surface area (Å²) in [7, 11) is 1.65. The zero-order valence-electron chi connectivity index (χ0n) is 12.2. The monoisotopic (exact) mass is 283 g/mol. The van der Waals surface area contributed by atoms with Gasteiger partial charge in [0.2, 0.25) is 0 Å². The van der Waals surface area contributed by atoms with Crippen molar-refractivity contribution < 1.29 is 4.74 Å². The van der Waals surface area contributed by atoms with E-state index < -0.39 is 0 Å². The minimum Gasteiger partial charge on any atom is -0.495 e. The lowest BCUT2D eigenvalue weighted by Gasteiger charge is -2.06. The third-order valence-corrected chi connectivity index (χ3v) is 3.51. The van der Waals surface area contributed by atoms with Crippen LogP contribution in [0.3, 0.4) is 0 Å². The molecule has 0 aliphatic carbocycles. The van der Waals surface area contributed by atoms with Crippen molar-refractivity contribution in [3.05, 3.63) is 28.8 Å². The van der Waals surface area contributed by atoms with Gasteiger partial charge in [-0.15, -0.1) is 0 Å². The van der Waals surface area contributed by atoms with Gasteiger partial charge in [-0.3, -0.25) is 0 Å². The van der Waals surface area contributed by atoms with Gasteiger partial charge < -0.3 is 10.1 Å². The normalized spacial score (nSPS) is 10.7. The summed E-state index contributed by atoms with van der Waals surface area (Å²) in [4.78, 5) is 0. The number of ether oxygens (including phenoxy) is 1. The summed E-state index contributed by atoms with van der Waals surface area (Å²) in [6.07, 6.45) is 7.43. The molecule has 0 saturated heterocycles. The first kappa shape index (κ1) is 16.3. The Morgan fingerprint density at radius 1 is 1.11 bits per heavy atom. The van der Waals surface area contributed by atoms with Gasteiger partial charge in [-0.1, -0.05) is 37.4 Å². The van der Waals surface area contributed by atoms with Crippen LogP contribution in [-0.4, -0.2) is 20.2 Å². The molecule has 0 radical (unpaired) electrons. The molecule has 0 atom stereocenters. The number of halogens is 1. The SMILES string of the molecule is CCCNCCCCCCc1ccc(OC)c(Cl)c1. The van der Waals surface area contributed by atoms with Crippen molar-refractivity contribution in [2.45, 2.75) is 45.4 Å². The Hall–Kier alpha value is -0.730. The first-order valence-electron chi connectivity index (χ1n) is 7.31. The van der Waals surface area contributed by atoms with Crippen LogP contribution in [0.5, 0.6) is 5.75 Å². The van der Waals surface area contributed by atoms with Crippen molar-refractivity contribution in [3.8, 4) is 5.75 Å². The van der Waals surface area contributed by atoms with Gasteiger partial charge in [0, 0.05) is 0 Å². The van der Waals surface area contributed by atoms with Crippen molar-refractivity contribution in [1.29, 1.82) is 0 Å². The summed E-state index contributed by atoms with van der Waals surface area (Å²) in [6, 6.07) is 6.07. The zero-order chi connectivity index (χ0) is 13.9. The smallest absolute Gasteiger partial charge is 0.137 e. The van der Waals surface area contributed by atoms with E-state index in [4.69, 9.17) is 16.3 Å². The fourth-order valence-corrected chi connectivity index (χ4v) is 2.38. The van der Waals surface area contributed by atoms with Gasteiger partial charge in [0.1, 0.15) is 5.75 Å². The highest BCUT2D eigenvalue weighted by molar-refractivity contribution is 6.32. The highest BCUT2D eigenvalue weighted by atomic mass is 35.5. The highest BCUT2D eigenvalue weighted by Gasteiger charge is 2.01. The van der Waals surface area contributed by atoms with Crippen molar-refractivity contribution >= 4 is 11.6 Å².